The normalized spacial score (nSPS) is 19.7. The fourth-order valence-corrected chi connectivity index (χ4v) is 3.06. The van der Waals surface area contributed by atoms with Crippen LogP contribution in [0.25, 0.3) is 0 Å². The minimum Gasteiger partial charge on any atom is -0.493 e. The van der Waals surface area contributed by atoms with Crippen LogP contribution >= 0.6 is 11.3 Å². The highest BCUT2D eigenvalue weighted by Gasteiger charge is 2.31. The molecule has 4 heteroatoms. The zero-order valence-corrected chi connectivity index (χ0v) is 10.1. The van der Waals surface area contributed by atoms with Crippen molar-refractivity contribution in [3.05, 3.63) is 52.2 Å². The number of hydrogen-bond acceptors (Lipinski definition) is 4. The molecule has 0 saturated carbocycles. The second kappa shape index (κ2) is 4.49. The molecule has 0 fully saturated rings. The molecule has 2 atom stereocenters. The molecule has 3 nitrogen and oxygen atoms in total. The number of ether oxygens (including phenoxy) is 1. The van der Waals surface area contributed by atoms with E-state index in [2.05, 4.69) is 28.3 Å². The van der Waals surface area contributed by atoms with E-state index in [0.717, 1.165) is 5.75 Å². The molecule has 1 aliphatic rings. The topological polar surface area (TPSA) is 47.3 Å². The molecule has 17 heavy (non-hydrogen) atoms. The summed E-state index contributed by atoms with van der Waals surface area (Å²) in [6.45, 7) is 0.685. The molecule has 2 heterocycles. The number of nitrogens with one attached hydrogen (secondary N) is 1. The van der Waals surface area contributed by atoms with Gasteiger partial charge in [0.15, 0.2) is 0 Å². The van der Waals surface area contributed by atoms with Crippen LogP contribution < -0.4 is 16.0 Å². The first kappa shape index (κ1) is 10.8. The molecule has 0 aliphatic carbocycles. The highest BCUT2D eigenvalue weighted by atomic mass is 32.1. The van der Waals surface area contributed by atoms with E-state index in [0.29, 0.717) is 6.61 Å². The highest BCUT2D eigenvalue weighted by Crippen LogP contribution is 2.41. The SMILES string of the molecule is NNC(c1ccsc1)C1COc2ccccc21. The Hall–Kier alpha value is -1.36. The highest BCUT2D eigenvalue weighted by molar-refractivity contribution is 7.07. The number of rotatable bonds is 3. The Labute approximate surface area is 104 Å². The molecule has 0 saturated heterocycles. The van der Waals surface area contributed by atoms with Gasteiger partial charge in [-0.25, -0.2) is 0 Å². The third-order valence-electron chi connectivity index (χ3n) is 3.22. The maximum atomic E-state index is 5.70. The average molecular weight is 246 g/mol. The Morgan fingerprint density at radius 1 is 1.35 bits per heavy atom. The Balaban J connectivity index is 1.95. The average Bonchev–Trinajstić information content (AvgIpc) is 3.01. The molecule has 2 aromatic rings. The molecule has 3 N–H and O–H groups in total. The first-order valence-electron chi connectivity index (χ1n) is 5.60. The summed E-state index contributed by atoms with van der Waals surface area (Å²) in [7, 11) is 0. The lowest BCUT2D eigenvalue weighted by atomic mass is 9.90. The third kappa shape index (κ3) is 1.84. The van der Waals surface area contributed by atoms with Gasteiger partial charge in [-0.1, -0.05) is 18.2 Å². The minimum absolute atomic E-state index is 0.116. The predicted molar refractivity (Wildman–Crippen MR) is 69.1 cm³/mol. The molecule has 0 amide bonds. The van der Waals surface area contributed by atoms with E-state index in [1.165, 1.54) is 11.1 Å². The van der Waals surface area contributed by atoms with Crippen LogP contribution in [0.4, 0.5) is 0 Å². The number of fused-ring (bicyclic) bond motifs is 1. The summed E-state index contributed by atoms with van der Waals surface area (Å²) in [4.78, 5) is 0. The number of hydrogen-bond donors (Lipinski definition) is 2. The zero-order valence-electron chi connectivity index (χ0n) is 9.30. The van der Waals surface area contributed by atoms with Gasteiger partial charge in [-0.3, -0.25) is 11.3 Å². The van der Waals surface area contributed by atoms with Gasteiger partial charge in [0.05, 0.1) is 12.6 Å². The van der Waals surface area contributed by atoms with Crippen molar-refractivity contribution < 1.29 is 4.74 Å². The van der Waals surface area contributed by atoms with Gasteiger partial charge in [-0.2, -0.15) is 11.3 Å². The van der Waals surface area contributed by atoms with Crippen molar-refractivity contribution in [1.82, 2.24) is 5.43 Å². The van der Waals surface area contributed by atoms with E-state index in [4.69, 9.17) is 10.6 Å². The van der Waals surface area contributed by atoms with E-state index in [9.17, 15) is 0 Å². The van der Waals surface area contributed by atoms with Crippen LogP contribution in [0.3, 0.4) is 0 Å². The molecule has 88 valence electrons. The van der Waals surface area contributed by atoms with Crippen LogP contribution in [0, 0.1) is 0 Å². The van der Waals surface area contributed by atoms with Crippen LogP contribution in [0.5, 0.6) is 5.75 Å². The van der Waals surface area contributed by atoms with E-state index in [1.54, 1.807) is 11.3 Å². The van der Waals surface area contributed by atoms with E-state index < -0.39 is 0 Å². The molecule has 1 aromatic carbocycles. The van der Waals surface area contributed by atoms with E-state index in [1.807, 2.05) is 18.2 Å². The lowest BCUT2D eigenvalue weighted by molar-refractivity contribution is 0.300. The largest absolute Gasteiger partial charge is 0.493 e. The summed E-state index contributed by atoms with van der Waals surface area (Å²) >= 11 is 1.69. The summed E-state index contributed by atoms with van der Waals surface area (Å²) in [5.74, 6) is 6.96. The lowest BCUT2D eigenvalue weighted by Crippen LogP contribution is -2.32. The van der Waals surface area contributed by atoms with Crippen LogP contribution in [0.15, 0.2) is 41.1 Å². The number of nitrogens with two attached hydrogens (primary N) is 1. The van der Waals surface area contributed by atoms with Crippen LogP contribution in [0.1, 0.15) is 23.1 Å². The van der Waals surface area contributed by atoms with Crippen molar-refractivity contribution >= 4 is 11.3 Å². The van der Waals surface area contributed by atoms with Gasteiger partial charge in [0.25, 0.3) is 0 Å². The second-order valence-electron chi connectivity index (χ2n) is 4.16. The van der Waals surface area contributed by atoms with Gasteiger partial charge in [0, 0.05) is 11.5 Å². The Morgan fingerprint density at radius 2 is 2.24 bits per heavy atom. The molecule has 0 spiro atoms. The van der Waals surface area contributed by atoms with Gasteiger partial charge in [0.2, 0.25) is 0 Å². The number of benzene rings is 1. The van der Waals surface area contributed by atoms with Gasteiger partial charge < -0.3 is 4.74 Å². The smallest absolute Gasteiger partial charge is 0.122 e. The molecule has 0 bridgehead atoms. The van der Waals surface area contributed by atoms with Crippen molar-refractivity contribution in [3.63, 3.8) is 0 Å². The molecular weight excluding hydrogens is 232 g/mol. The number of para-hydroxylation sites is 1. The molecule has 1 aromatic heterocycles. The summed E-state index contributed by atoms with van der Waals surface area (Å²) in [6.07, 6.45) is 0. The fourth-order valence-electron chi connectivity index (χ4n) is 2.36. The molecule has 1 aliphatic heterocycles. The lowest BCUT2D eigenvalue weighted by Gasteiger charge is -2.21. The van der Waals surface area contributed by atoms with Crippen LogP contribution in [-0.2, 0) is 0 Å². The van der Waals surface area contributed by atoms with Crippen molar-refractivity contribution in [2.75, 3.05) is 6.61 Å². The molecule has 3 rings (SSSR count). The van der Waals surface area contributed by atoms with Gasteiger partial charge >= 0.3 is 0 Å². The maximum Gasteiger partial charge on any atom is 0.122 e. The van der Waals surface area contributed by atoms with Crippen LogP contribution in [0.2, 0.25) is 0 Å². The molecule has 2 unspecified atom stereocenters. The third-order valence-corrected chi connectivity index (χ3v) is 3.92. The molecule has 0 radical (unpaired) electrons. The van der Waals surface area contributed by atoms with E-state index in [-0.39, 0.29) is 12.0 Å². The van der Waals surface area contributed by atoms with Gasteiger partial charge in [-0.15, -0.1) is 0 Å². The summed E-state index contributed by atoms with van der Waals surface area (Å²) in [6, 6.07) is 10.4. The van der Waals surface area contributed by atoms with E-state index >= 15 is 0 Å². The van der Waals surface area contributed by atoms with Crippen molar-refractivity contribution in [2.45, 2.75) is 12.0 Å². The Kier molecular flexibility index (Phi) is 2.84. The first-order chi connectivity index (χ1) is 8.40. The van der Waals surface area contributed by atoms with Crippen molar-refractivity contribution in [3.8, 4) is 5.75 Å². The predicted octanol–water partition coefficient (Wildman–Crippen LogP) is 2.43. The summed E-state index contributed by atoms with van der Waals surface area (Å²) in [5.41, 5.74) is 5.38. The second-order valence-corrected chi connectivity index (χ2v) is 4.94. The Bertz CT molecular complexity index is 498. The Morgan fingerprint density at radius 3 is 3.00 bits per heavy atom. The maximum absolute atomic E-state index is 5.70. The fraction of sp³-hybridized carbons (Fsp3) is 0.231. The van der Waals surface area contributed by atoms with Crippen molar-refractivity contribution in [2.24, 2.45) is 5.84 Å². The van der Waals surface area contributed by atoms with Gasteiger partial charge in [0.1, 0.15) is 5.75 Å². The number of thiophene rings is 1. The summed E-state index contributed by atoms with van der Waals surface area (Å²) in [5, 5.41) is 4.20. The van der Waals surface area contributed by atoms with Gasteiger partial charge in [-0.05, 0) is 28.5 Å². The number of hydrazine groups is 1. The van der Waals surface area contributed by atoms with Crippen LogP contribution in [-0.4, -0.2) is 6.61 Å². The summed E-state index contributed by atoms with van der Waals surface area (Å²) < 4.78 is 5.70. The molecular formula is C13H14N2OS. The van der Waals surface area contributed by atoms with Crippen molar-refractivity contribution in [1.29, 1.82) is 0 Å². The monoisotopic (exact) mass is 246 g/mol. The standard InChI is InChI=1S/C13H14N2OS/c14-15-13(9-5-6-17-8-9)11-7-16-12-4-2-1-3-10(11)12/h1-6,8,11,13,15H,7,14H2. The minimum atomic E-state index is 0.116. The first-order valence-corrected chi connectivity index (χ1v) is 6.54. The quantitative estimate of drug-likeness (QED) is 0.646. The zero-order chi connectivity index (χ0) is 11.7.